The number of aryl methyl sites for hydroxylation is 2. The summed E-state index contributed by atoms with van der Waals surface area (Å²) in [5, 5.41) is 1.36. The van der Waals surface area contributed by atoms with E-state index >= 15 is 0 Å². The van der Waals surface area contributed by atoms with Gasteiger partial charge >= 0.3 is 0 Å². The first-order valence-electron chi connectivity index (χ1n) is 6.42. The molecule has 2 heterocycles. The molecule has 0 fully saturated rings. The Labute approximate surface area is 107 Å². The summed E-state index contributed by atoms with van der Waals surface area (Å²) in [6, 6.07) is 4.42. The number of hydrogen-bond donors (Lipinski definition) is 1. The number of H-pyrrole nitrogens is 1. The zero-order valence-corrected chi connectivity index (χ0v) is 11.1. The maximum absolute atomic E-state index is 11.5. The summed E-state index contributed by atoms with van der Waals surface area (Å²) in [5.41, 5.74) is 6.43. The number of carbonyl (C=O) groups is 1. The summed E-state index contributed by atoms with van der Waals surface area (Å²) in [5.74, 6) is 0.159. The highest BCUT2D eigenvalue weighted by atomic mass is 16.2. The van der Waals surface area contributed by atoms with Crippen LogP contribution in [-0.2, 0) is 17.8 Å². The third kappa shape index (κ3) is 1.62. The van der Waals surface area contributed by atoms with Crippen molar-refractivity contribution in [1.82, 2.24) is 9.88 Å². The quantitative estimate of drug-likeness (QED) is 0.757. The van der Waals surface area contributed by atoms with Crippen molar-refractivity contribution in [1.29, 1.82) is 0 Å². The van der Waals surface area contributed by atoms with Crippen LogP contribution in [0.3, 0.4) is 0 Å². The molecule has 1 aromatic heterocycles. The molecule has 18 heavy (non-hydrogen) atoms. The predicted octanol–water partition coefficient (Wildman–Crippen LogP) is 2.69. The molecule has 0 unspecified atom stereocenters. The van der Waals surface area contributed by atoms with E-state index in [1.807, 2.05) is 4.90 Å². The van der Waals surface area contributed by atoms with Crippen LogP contribution in [-0.4, -0.2) is 22.3 Å². The molecule has 3 nitrogen and oxygen atoms in total. The van der Waals surface area contributed by atoms with Gasteiger partial charge in [0.2, 0.25) is 5.91 Å². The Morgan fingerprint density at radius 2 is 2.11 bits per heavy atom. The average Bonchev–Trinajstić information content (AvgIpc) is 2.65. The Hall–Kier alpha value is -1.77. The van der Waals surface area contributed by atoms with Crippen molar-refractivity contribution in [2.45, 2.75) is 33.7 Å². The predicted molar refractivity (Wildman–Crippen MR) is 72.6 cm³/mol. The van der Waals surface area contributed by atoms with Gasteiger partial charge < -0.3 is 9.88 Å². The first-order valence-corrected chi connectivity index (χ1v) is 6.42. The Bertz CT molecular complexity index is 639. The summed E-state index contributed by atoms with van der Waals surface area (Å²) < 4.78 is 0. The van der Waals surface area contributed by atoms with Crippen molar-refractivity contribution < 1.29 is 4.79 Å². The second-order valence-electron chi connectivity index (χ2n) is 5.28. The van der Waals surface area contributed by atoms with Crippen molar-refractivity contribution in [3.63, 3.8) is 0 Å². The minimum absolute atomic E-state index is 0.159. The first kappa shape index (κ1) is 11.3. The molecular formula is C15H18N2O. The van der Waals surface area contributed by atoms with Crippen LogP contribution < -0.4 is 0 Å². The van der Waals surface area contributed by atoms with E-state index in [1.54, 1.807) is 6.92 Å². The number of carbonyl (C=O) groups excluding carboxylic acids is 1. The molecule has 0 saturated carbocycles. The molecule has 1 aliphatic heterocycles. The molecule has 2 aromatic rings. The van der Waals surface area contributed by atoms with Crippen molar-refractivity contribution in [3.05, 3.63) is 34.5 Å². The lowest BCUT2D eigenvalue weighted by atomic mass is 9.99. The van der Waals surface area contributed by atoms with E-state index < -0.39 is 0 Å². The van der Waals surface area contributed by atoms with Crippen LogP contribution in [0.5, 0.6) is 0 Å². The number of rotatable bonds is 0. The first-order chi connectivity index (χ1) is 8.56. The van der Waals surface area contributed by atoms with Crippen LogP contribution in [0.25, 0.3) is 10.9 Å². The second-order valence-corrected chi connectivity index (χ2v) is 5.28. The van der Waals surface area contributed by atoms with Crippen LogP contribution >= 0.6 is 0 Å². The molecule has 1 N–H and O–H groups in total. The van der Waals surface area contributed by atoms with Gasteiger partial charge in [0.05, 0.1) is 6.54 Å². The highest BCUT2D eigenvalue weighted by Gasteiger charge is 2.22. The van der Waals surface area contributed by atoms with Crippen molar-refractivity contribution in [2.75, 3.05) is 6.54 Å². The lowest BCUT2D eigenvalue weighted by molar-refractivity contribution is -0.129. The number of nitrogens with one attached hydrogen (secondary N) is 1. The Morgan fingerprint density at radius 1 is 1.33 bits per heavy atom. The second kappa shape index (κ2) is 3.87. The highest BCUT2D eigenvalue weighted by molar-refractivity contribution is 5.89. The molecule has 3 rings (SSSR count). The zero-order valence-electron chi connectivity index (χ0n) is 11.1. The Balaban J connectivity index is 2.16. The molecule has 0 saturated heterocycles. The van der Waals surface area contributed by atoms with Gasteiger partial charge in [0.15, 0.2) is 0 Å². The minimum atomic E-state index is 0.159. The fraction of sp³-hybridized carbons (Fsp3) is 0.400. The molecule has 0 spiro atoms. The average molecular weight is 242 g/mol. The SMILES string of the molecule is CC(=O)N1CCc2c([nH]c3cc(C)cc(C)c23)C1. The normalized spacial score (nSPS) is 14.9. The van der Waals surface area contributed by atoms with Gasteiger partial charge in [-0.1, -0.05) is 6.07 Å². The smallest absolute Gasteiger partial charge is 0.219 e. The third-order valence-electron chi connectivity index (χ3n) is 3.86. The minimum Gasteiger partial charge on any atom is -0.357 e. The molecule has 0 bridgehead atoms. The number of hydrogen-bond acceptors (Lipinski definition) is 1. The molecule has 0 atom stereocenters. The monoisotopic (exact) mass is 242 g/mol. The van der Waals surface area contributed by atoms with Crippen LogP contribution in [0, 0.1) is 13.8 Å². The largest absolute Gasteiger partial charge is 0.357 e. The fourth-order valence-electron chi connectivity index (χ4n) is 3.05. The van der Waals surface area contributed by atoms with E-state index in [-0.39, 0.29) is 5.91 Å². The summed E-state index contributed by atoms with van der Waals surface area (Å²) in [6.45, 7) is 7.48. The van der Waals surface area contributed by atoms with Gasteiger partial charge in [-0.2, -0.15) is 0 Å². The molecule has 1 amide bonds. The molecular weight excluding hydrogens is 224 g/mol. The van der Waals surface area contributed by atoms with Crippen molar-refractivity contribution in [2.24, 2.45) is 0 Å². The molecule has 1 aromatic carbocycles. The van der Waals surface area contributed by atoms with Crippen LogP contribution in [0.2, 0.25) is 0 Å². The van der Waals surface area contributed by atoms with Gasteiger partial charge in [0, 0.05) is 30.1 Å². The van der Waals surface area contributed by atoms with Crippen LogP contribution in [0.15, 0.2) is 12.1 Å². The Morgan fingerprint density at radius 3 is 2.83 bits per heavy atom. The van der Waals surface area contributed by atoms with Crippen LogP contribution in [0.4, 0.5) is 0 Å². The summed E-state index contributed by atoms with van der Waals surface area (Å²) >= 11 is 0. The maximum atomic E-state index is 11.5. The number of aromatic amines is 1. The number of aromatic nitrogens is 1. The fourth-order valence-corrected chi connectivity index (χ4v) is 3.05. The highest BCUT2D eigenvalue weighted by Crippen LogP contribution is 2.30. The third-order valence-corrected chi connectivity index (χ3v) is 3.86. The number of fused-ring (bicyclic) bond motifs is 3. The van der Waals surface area contributed by atoms with Gasteiger partial charge in [-0.25, -0.2) is 0 Å². The molecule has 94 valence electrons. The standard InChI is InChI=1S/C15H18N2O/c1-9-6-10(2)15-12-4-5-17(11(3)18)8-14(12)16-13(15)7-9/h6-7,16H,4-5,8H2,1-3H3. The van der Waals surface area contributed by atoms with Gasteiger partial charge in [0.25, 0.3) is 0 Å². The van der Waals surface area contributed by atoms with Crippen LogP contribution in [0.1, 0.15) is 29.3 Å². The zero-order chi connectivity index (χ0) is 12.9. The van der Waals surface area contributed by atoms with Gasteiger partial charge in [-0.3, -0.25) is 4.79 Å². The molecule has 0 radical (unpaired) electrons. The summed E-state index contributed by atoms with van der Waals surface area (Å²) in [6.07, 6.45) is 0.957. The van der Waals surface area contributed by atoms with E-state index in [0.29, 0.717) is 0 Å². The molecule has 1 aliphatic rings. The Kier molecular flexibility index (Phi) is 2.44. The lowest BCUT2D eigenvalue weighted by Crippen LogP contribution is -2.34. The van der Waals surface area contributed by atoms with E-state index in [9.17, 15) is 4.79 Å². The van der Waals surface area contributed by atoms with Gasteiger partial charge in [-0.15, -0.1) is 0 Å². The van der Waals surface area contributed by atoms with Crippen molar-refractivity contribution >= 4 is 16.8 Å². The van der Waals surface area contributed by atoms with E-state index in [2.05, 4.69) is 31.0 Å². The number of nitrogens with zero attached hydrogens (tertiary/aromatic N) is 1. The topological polar surface area (TPSA) is 36.1 Å². The van der Waals surface area contributed by atoms with Gasteiger partial charge in [0.1, 0.15) is 0 Å². The summed E-state index contributed by atoms with van der Waals surface area (Å²) in [7, 11) is 0. The van der Waals surface area contributed by atoms with E-state index in [4.69, 9.17) is 0 Å². The number of amides is 1. The van der Waals surface area contributed by atoms with E-state index in [0.717, 1.165) is 19.5 Å². The number of benzene rings is 1. The van der Waals surface area contributed by atoms with Crippen molar-refractivity contribution in [3.8, 4) is 0 Å². The molecule has 3 heteroatoms. The summed E-state index contributed by atoms with van der Waals surface area (Å²) in [4.78, 5) is 16.8. The maximum Gasteiger partial charge on any atom is 0.219 e. The van der Waals surface area contributed by atoms with Gasteiger partial charge in [-0.05, 0) is 43.0 Å². The molecule has 0 aliphatic carbocycles. The van der Waals surface area contributed by atoms with E-state index in [1.165, 1.54) is 33.3 Å². The lowest BCUT2D eigenvalue weighted by Gasteiger charge is -2.25.